The van der Waals surface area contributed by atoms with Gasteiger partial charge in [-0.1, -0.05) is 38.1 Å². The monoisotopic (exact) mass is 503 g/mol. The van der Waals surface area contributed by atoms with Gasteiger partial charge in [0, 0.05) is 26.6 Å². The lowest BCUT2D eigenvalue weighted by molar-refractivity contribution is -0.141. The molecular formula is C26H37N3O5S. The highest BCUT2D eigenvalue weighted by Gasteiger charge is 2.28. The zero-order valence-electron chi connectivity index (χ0n) is 21.3. The van der Waals surface area contributed by atoms with Crippen LogP contribution in [0.15, 0.2) is 48.5 Å². The molecule has 0 heterocycles. The standard InChI is InChI=1S/C26H37N3O5S/c1-6-20-10-14-22(15-11-20)29(35(5,32)33)18-8-9-25(30)28(24(7-2)26(31)27-3)19-21-12-16-23(34-4)17-13-21/h10-17,24H,6-9,18-19H2,1-5H3,(H,27,31)/t24-/m1/s1. The third-order valence-electron chi connectivity index (χ3n) is 5.93. The number of rotatable bonds is 13. The van der Waals surface area contributed by atoms with Crippen molar-refractivity contribution in [1.29, 1.82) is 0 Å². The minimum Gasteiger partial charge on any atom is -0.497 e. The molecule has 0 aliphatic rings. The highest BCUT2D eigenvalue weighted by molar-refractivity contribution is 7.92. The number of anilines is 1. The van der Waals surface area contributed by atoms with E-state index < -0.39 is 16.1 Å². The van der Waals surface area contributed by atoms with Gasteiger partial charge in [-0.25, -0.2) is 8.42 Å². The van der Waals surface area contributed by atoms with Crippen molar-refractivity contribution >= 4 is 27.5 Å². The molecule has 192 valence electrons. The third kappa shape index (κ3) is 7.99. The molecule has 0 saturated heterocycles. The molecule has 0 bridgehead atoms. The van der Waals surface area contributed by atoms with Crippen molar-refractivity contribution in [1.82, 2.24) is 10.2 Å². The molecule has 0 aliphatic carbocycles. The Bertz CT molecular complexity index is 1070. The SMILES string of the molecule is CCc1ccc(N(CCCC(=O)N(Cc2ccc(OC)cc2)[C@H](CC)C(=O)NC)S(C)(=O)=O)cc1. The summed E-state index contributed by atoms with van der Waals surface area (Å²) in [6.45, 7) is 4.33. The molecule has 2 amide bonds. The molecule has 2 aromatic rings. The highest BCUT2D eigenvalue weighted by atomic mass is 32.2. The number of nitrogens with zero attached hydrogens (tertiary/aromatic N) is 2. The minimum atomic E-state index is -3.52. The van der Waals surface area contributed by atoms with Gasteiger partial charge in [-0.15, -0.1) is 0 Å². The predicted molar refractivity (Wildman–Crippen MR) is 139 cm³/mol. The van der Waals surface area contributed by atoms with Crippen LogP contribution >= 0.6 is 0 Å². The van der Waals surface area contributed by atoms with Crippen molar-refractivity contribution in [2.24, 2.45) is 0 Å². The number of carbonyl (C=O) groups is 2. The number of aryl methyl sites for hydroxylation is 1. The van der Waals surface area contributed by atoms with Crippen molar-refractivity contribution in [2.45, 2.75) is 52.1 Å². The van der Waals surface area contributed by atoms with Gasteiger partial charge in [-0.05, 0) is 54.7 Å². The first-order valence-electron chi connectivity index (χ1n) is 11.8. The van der Waals surface area contributed by atoms with Gasteiger partial charge in [0.15, 0.2) is 0 Å². The van der Waals surface area contributed by atoms with E-state index in [0.29, 0.717) is 24.3 Å². The van der Waals surface area contributed by atoms with Crippen LogP contribution < -0.4 is 14.4 Å². The first-order valence-corrected chi connectivity index (χ1v) is 13.7. The normalized spacial score (nSPS) is 12.0. The Hall–Kier alpha value is -3.07. The summed E-state index contributed by atoms with van der Waals surface area (Å²) < 4.78 is 31.4. The number of likely N-dealkylation sites (N-methyl/N-ethyl adjacent to an activating group) is 1. The molecule has 35 heavy (non-hydrogen) atoms. The average molecular weight is 504 g/mol. The zero-order valence-corrected chi connectivity index (χ0v) is 22.1. The van der Waals surface area contributed by atoms with Gasteiger partial charge in [0.25, 0.3) is 0 Å². The van der Waals surface area contributed by atoms with E-state index in [0.717, 1.165) is 23.8 Å². The van der Waals surface area contributed by atoms with Crippen molar-refractivity contribution in [3.05, 3.63) is 59.7 Å². The summed E-state index contributed by atoms with van der Waals surface area (Å²) in [5.74, 6) is 0.270. The van der Waals surface area contributed by atoms with E-state index in [2.05, 4.69) is 5.32 Å². The molecule has 8 nitrogen and oxygen atoms in total. The van der Waals surface area contributed by atoms with E-state index in [9.17, 15) is 18.0 Å². The van der Waals surface area contributed by atoms with Gasteiger partial charge in [0.05, 0.1) is 19.1 Å². The first kappa shape index (κ1) is 28.2. The van der Waals surface area contributed by atoms with E-state index in [1.54, 1.807) is 31.2 Å². The largest absolute Gasteiger partial charge is 0.497 e. The molecule has 2 rings (SSSR count). The fourth-order valence-electron chi connectivity index (χ4n) is 3.92. The van der Waals surface area contributed by atoms with E-state index in [4.69, 9.17) is 4.74 Å². The molecule has 0 fully saturated rings. The van der Waals surface area contributed by atoms with Crippen molar-refractivity contribution in [2.75, 3.05) is 31.3 Å². The molecule has 1 atom stereocenters. The number of amides is 2. The zero-order chi connectivity index (χ0) is 26.0. The molecule has 9 heteroatoms. The second-order valence-electron chi connectivity index (χ2n) is 8.37. The Balaban J connectivity index is 2.17. The third-order valence-corrected chi connectivity index (χ3v) is 7.12. The Morgan fingerprint density at radius 1 is 1.00 bits per heavy atom. The van der Waals surface area contributed by atoms with Crippen molar-refractivity contribution in [3.63, 3.8) is 0 Å². The van der Waals surface area contributed by atoms with Crippen molar-refractivity contribution < 1.29 is 22.7 Å². The Kier molecular flexibility index (Phi) is 10.6. The van der Waals surface area contributed by atoms with Crippen LogP contribution in [-0.4, -0.2) is 58.1 Å². The average Bonchev–Trinajstić information content (AvgIpc) is 2.85. The second-order valence-corrected chi connectivity index (χ2v) is 10.3. The summed E-state index contributed by atoms with van der Waals surface area (Å²) in [5.41, 5.74) is 2.56. The minimum absolute atomic E-state index is 0.114. The van der Waals surface area contributed by atoms with Crippen LogP contribution in [-0.2, 0) is 32.6 Å². The van der Waals surface area contributed by atoms with Gasteiger partial charge in [-0.2, -0.15) is 0 Å². The van der Waals surface area contributed by atoms with E-state index >= 15 is 0 Å². The molecule has 1 N–H and O–H groups in total. The smallest absolute Gasteiger partial charge is 0.242 e. The maximum Gasteiger partial charge on any atom is 0.242 e. The second kappa shape index (κ2) is 13.1. The number of hydrogen-bond donors (Lipinski definition) is 1. The molecular weight excluding hydrogens is 466 g/mol. The highest BCUT2D eigenvalue weighted by Crippen LogP contribution is 2.21. The van der Waals surface area contributed by atoms with Crippen LogP contribution in [0.25, 0.3) is 0 Å². The van der Waals surface area contributed by atoms with Gasteiger partial charge in [0.2, 0.25) is 21.8 Å². The number of sulfonamides is 1. The summed E-state index contributed by atoms with van der Waals surface area (Å²) in [4.78, 5) is 27.4. The number of nitrogens with one attached hydrogen (secondary N) is 1. The Morgan fingerprint density at radius 3 is 2.09 bits per heavy atom. The van der Waals surface area contributed by atoms with Crippen LogP contribution in [0.2, 0.25) is 0 Å². The van der Waals surface area contributed by atoms with Crippen LogP contribution in [0, 0.1) is 0 Å². The number of ether oxygens (including phenoxy) is 1. The van der Waals surface area contributed by atoms with Gasteiger partial charge in [0.1, 0.15) is 11.8 Å². The Morgan fingerprint density at radius 2 is 1.60 bits per heavy atom. The topological polar surface area (TPSA) is 96.0 Å². The fourth-order valence-corrected chi connectivity index (χ4v) is 4.88. The fraction of sp³-hybridized carbons (Fsp3) is 0.462. The Labute approximate surface area is 209 Å². The van der Waals surface area contributed by atoms with Gasteiger partial charge >= 0.3 is 0 Å². The van der Waals surface area contributed by atoms with Crippen LogP contribution in [0.3, 0.4) is 0 Å². The van der Waals surface area contributed by atoms with Crippen LogP contribution in [0.5, 0.6) is 5.75 Å². The van der Waals surface area contributed by atoms with Crippen LogP contribution in [0.1, 0.15) is 44.2 Å². The molecule has 0 spiro atoms. The summed E-state index contributed by atoms with van der Waals surface area (Å²) in [5, 5.41) is 2.64. The number of benzene rings is 2. The molecule has 0 radical (unpaired) electrons. The van der Waals surface area contributed by atoms with E-state index in [1.165, 1.54) is 4.31 Å². The summed E-state index contributed by atoms with van der Waals surface area (Å²) in [6.07, 6.45) is 2.92. The summed E-state index contributed by atoms with van der Waals surface area (Å²) in [7, 11) is -0.382. The molecule has 0 unspecified atom stereocenters. The number of carbonyl (C=O) groups excluding carboxylic acids is 2. The predicted octanol–water partition coefficient (Wildman–Crippen LogP) is 3.36. The summed E-state index contributed by atoms with van der Waals surface area (Å²) in [6, 6.07) is 14.1. The summed E-state index contributed by atoms with van der Waals surface area (Å²) >= 11 is 0. The molecule has 0 saturated carbocycles. The maximum absolute atomic E-state index is 13.3. The molecule has 0 aliphatic heterocycles. The number of hydrogen-bond acceptors (Lipinski definition) is 5. The van der Waals surface area contributed by atoms with Gasteiger partial charge < -0.3 is 15.0 Å². The lowest BCUT2D eigenvalue weighted by Gasteiger charge is -2.31. The van der Waals surface area contributed by atoms with Gasteiger partial charge in [-0.3, -0.25) is 13.9 Å². The quantitative estimate of drug-likeness (QED) is 0.452. The lowest BCUT2D eigenvalue weighted by atomic mass is 10.1. The molecule has 2 aromatic carbocycles. The van der Waals surface area contributed by atoms with E-state index in [1.807, 2.05) is 50.2 Å². The lowest BCUT2D eigenvalue weighted by Crippen LogP contribution is -2.48. The maximum atomic E-state index is 13.3. The van der Waals surface area contributed by atoms with Crippen LogP contribution in [0.4, 0.5) is 5.69 Å². The van der Waals surface area contributed by atoms with E-state index in [-0.39, 0.29) is 31.3 Å². The van der Waals surface area contributed by atoms with Crippen molar-refractivity contribution in [3.8, 4) is 5.75 Å². The first-order chi connectivity index (χ1) is 16.6. The number of methoxy groups -OCH3 is 1. The molecule has 0 aromatic heterocycles.